The second-order valence-electron chi connectivity index (χ2n) is 13.9. The number of aromatic hydroxyl groups is 1. The van der Waals surface area contributed by atoms with E-state index >= 15 is 0 Å². The second-order valence-corrected chi connectivity index (χ2v) is 20.4. The van der Waals surface area contributed by atoms with Gasteiger partial charge in [0.1, 0.15) is 69.7 Å². The van der Waals surface area contributed by atoms with Crippen LogP contribution in [-0.2, 0) is 30.4 Å². The minimum Gasteiger partial charge on any atom is -0.505 e. The van der Waals surface area contributed by atoms with E-state index in [1.54, 1.807) is 0 Å². The number of hydrogen-bond donors (Lipinski definition) is 10. The minimum atomic E-state index is -5.59. The van der Waals surface area contributed by atoms with Gasteiger partial charge in [0, 0.05) is 11.4 Å². The predicted octanol–water partition coefficient (Wildman–Crippen LogP) is 9.71. The van der Waals surface area contributed by atoms with Crippen LogP contribution in [0.2, 0.25) is 10.0 Å². The number of hydrogen-bond acceptors (Lipinski definition) is 25. The van der Waals surface area contributed by atoms with Crippen molar-refractivity contribution in [3.05, 3.63) is 123 Å². The number of nitrogen functional groups attached to an aromatic ring is 1. The second kappa shape index (κ2) is 19.4. The summed E-state index contributed by atoms with van der Waals surface area (Å²) in [5.74, 6) is -1.41. The number of halogens is 2. The zero-order valence-electron chi connectivity index (χ0n) is 34.3. The number of benzene rings is 6. The summed E-state index contributed by atoms with van der Waals surface area (Å²) in [6.45, 7) is 0. The normalized spacial score (nSPS) is 12.6. The fourth-order valence-corrected chi connectivity index (χ4v) is 9.33. The van der Waals surface area contributed by atoms with Crippen LogP contribution in [0.5, 0.6) is 5.75 Å². The number of nitro groups is 4. The molecule has 0 amide bonds. The Kier molecular flexibility index (Phi) is 14.4. The average molecular weight is 1120 g/mol. The monoisotopic (exact) mass is 1120 g/mol. The van der Waals surface area contributed by atoms with Crippen LogP contribution in [-0.4, -0.2) is 77.4 Å². The lowest BCUT2D eigenvalue weighted by atomic mass is 10.1. The topological polar surface area (TPSA) is 516 Å². The highest BCUT2D eigenvalue weighted by Gasteiger charge is 2.31. The van der Waals surface area contributed by atoms with Crippen LogP contribution in [0.15, 0.2) is 113 Å². The van der Waals surface area contributed by atoms with E-state index in [0.29, 0.717) is 36.4 Å². The van der Waals surface area contributed by atoms with Crippen molar-refractivity contribution in [2.24, 2.45) is 20.5 Å². The van der Waals surface area contributed by atoms with Crippen LogP contribution in [0, 0.1) is 40.5 Å². The molecule has 6 aromatic carbocycles. The highest BCUT2D eigenvalue weighted by molar-refractivity contribution is 8.19. The van der Waals surface area contributed by atoms with Crippen molar-refractivity contribution in [3.63, 3.8) is 0 Å². The standard InChI is InChI=1S/C34H23Cl2N11O21S4/c35-16-9-18(24(46(53)54)11-22(16)44(49)50)38-14-1-3-26(69(57,58)59)20(7-14)40-42-32-28(71(63,64)65)5-13-6-29(72(66,67)68)33(34(48)30(13)31(32)37)43-41-21-8-15(2-4-27(21)70(60,61)62)39-19-10-17(36)23(45(51)52)12-25(19)47(55)56/h1-12,38-39,48,63-65H,37H2,(H,57,58,59)(H,60,61,62)(H,66,67,68). The number of phenols is 1. The van der Waals surface area contributed by atoms with Gasteiger partial charge in [-0.05, 0) is 66.0 Å². The summed E-state index contributed by atoms with van der Waals surface area (Å²) < 4.78 is 136. The molecule has 38 heteroatoms. The summed E-state index contributed by atoms with van der Waals surface area (Å²) in [6, 6.07) is 8.11. The largest absolute Gasteiger partial charge is 0.505 e. The van der Waals surface area contributed by atoms with Gasteiger partial charge in [0.2, 0.25) is 0 Å². The number of azo groups is 2. The molecule has 0 aromatic heterocycles. The highest BCUT2D eigenvalue weighted by Crippen LogP contribution is 2.56. The van der Waals surface area contributed by atoms with Crippen LogP contribution in [0.3, 0.4) is 0 Å². The first-order valence-electron chi connectivity index (χ1n) is 18.1. The third kappa shape index (κ3) is 11.2. The molecule has 0 bridgehead atoms. The average Bonchev–Trinajstić information content (AvgIpc) is 3.23. The number of nitrogens with two attached hydrogens (primary N) is 1. The highest BCUT2D eigenvalue weighted by atomic mass is 35.5. The lowest BCUT2D eigenvalue weighted by Gasteiger charge is -2.23. The molecule has 0 aliphatic rings. The maximum Gasteiger partial charge on any atom is 0.299 e. The summed E-state index contributed by atoms with van der Waals surface area (Å²) in [5.41, 5.74) is -4.16. The maximum absolute atomic E-state index is 12.7. The van der Waals surface area contributed by atoms with Crippen molar-refractivity contribution in [3.8, 4) is 5.75 Å². The third-order valence-electron chi connectivity index (χ3n) is 9.35. The van der Waals surface area contributed by atoms with Crippen molar-refractivity contribution in [2.75, 3.05) is 16.4 Å². The van der Waals surface area contributed by atoms with Gasteiger partial charge in [-0.2, -0.15) is 25.3 Å². The minimum absolute atomic E-state index is 0.316. The molecule has 378 valence electrons. The molecule has 0 aliphatic carbocycles. The zero-order valence-corrected chi connectivity index (χ0v) is 39.1. The Morgan fingerprint density at radius 2 is 0.875 bits per heavy atom. The number of rotatable bonds is 16. The van der Waals surface area contributed by atoms with E-state index in [2.05, 4.69) is 31.1 Å². The van der Waals surface area contributed by atoms with Gasteiger partial charge in [-0.15, -0.1) is 20.5 Å². The molecule has 0 fully saturated rings. The predicted molar refractivity (Wildman–Crippen MR) is 251 cm³/mol. The Balaban J connectivity index is 1.54. The Labute approximate surface area is 410 Å². The summed E-state index contributed by atoms with van der Waals surface area (Å²) in [4.78, 5) is 37.4. The van der Waals surface area contributed by atoms with Crippen molar-refractivity contribution >= 4 is 149 Å². The summed E-state index contributed by atoms with van der Waals surface area (Å²) in [6.07, 6.45) is 0. The van der Waals surface area contributed by atoms with Gasteiger partial charge in [-0.25, -0.2) is 0 Å². The first kappa shape index (κ1) is 53.5. The fraction of sp³-hybridized carbons (Fsp3) is 0. The van der Waals surface area contributed by atoms with Gasteiger partial charge in [-0.1, -0.05) is 23.2 Å². The number of nitrogens with one attached hydrogen (secondary N) is 2. The van der Waals surface area contributed by atoms with Crippen molar-refractivity contribution in [1.29, 1.82) is 0 Å². The molecule has 32 nitrogen and oxygen atoms in total. The molecule has 6 aromatic rings. The van der Waals surface area contributed by atoms with Crippen molar-refractivity contribution < 1.29 is 77.4 Å². The summed E-state index contributed by atoms with van der Waals surface area (Å²) in [7, 11) is -21.2. The van der Waals surface area contributed by atoms with E-state index in [-0.39, 0.29) is 11.4 Å². The Bertz CT molecular complexity index is 3800. The van der Waals surface area contributed by atoms with Crippen molar-refractivity contribution in [2.45, 2.75) is 19.6 Å². The van der Waals surface area contributed by atoms with Gasteiger partial charge in [0.15, 0.2) is 5.75 Å². The Morgan fingerprint density at radius 3 is 1.24 bits per heavy atom. The van der Waals surface area contributed by atoms with E-state index in [1.807, 2.05) is 0 Å². The molecule has 11 N–H and O–H groups in total. The van der Waals surface area contributed by atoms with Gasteiger partial charge in [0.05, 0.1) is 47.8 Å². The Morgan fingerprint density at radius 1 is 0.500 bits per heavy atom. The molecule has 0 atom stereocenters. The molecule has 0 aliphatic heterocycles. The maximum atomic E-state index is 12.7. The molecule has 6 rings (SSSR count). The van der Waals surface area contributed by atoms with Crippen LogP contribution < -0.4 is 16.4 Å². The molecule has 0 saturated heterocycles. The number of nitro benzene ring substituents is 4. The quantitative estimate of drug-likeness (QED) is 0.0142. The van der Waals surface area contributed by atoms with E-state index < -0.39 is 170 Å². The molecule has 0 saturated carbocycles. The molecule has 0 radical (unpaired) electrons. The number of phenolic OH excluding ortho intramolecular Hbond substituents is 1. The SMILES string of the molecule is Nc1c(N=Nc2cc(Nc3cc(Cl)c([N+](=O)[O-])cc3[N+](=O)[O-])ccc2S(=O)(=O)O)c(S(O)(O)O)cc2cc(S(=O)(=O)O)c(N=Nc3cc(Nc4cc(Cl)c([N+](=O)[O-])cc4[N+](=O)[O-])ccc3S(=O)(=O)O)c(O)c12. The smallest absolute Gasteiger partial charge is 0.299 e. The summed E-state index contributed by atoms with van der Waals surface area (Å²) >= 11 is 11.8. The lowest BCUT2D eigenvalue weighted by molar-refractivity contribution is -0.393. The van der Waals surface area contributed by atoms with Crippen molar-refractivity contribution in [1.82, 2.24) is 0 Å². The molecular weight excluding hydrogens is 1100 g/mol. The van der Waals surface area contributed by atoms with Crippen LogP contribution in [0.1, 0.15) is 0 Å². The van der Waals surface area contributed by atoms with E-state index in [9.17, 15) is 98.1 Å². The first-order valence-corrected chi connectivity index (χ1v) is 24.7. The molecule has 0 heterocycles. The molecule has 0 unspecified atom stereocenters. The molecule has 0 spiro atoms. The molecular formula is C34H23Cl2N11O21S4. The van der Waals surface area contributed by atoms with Gasteiger partial charge < -0.3 is 35.1 Å². The summed E-state index contributed by atoms with van der Waals surface area (Å²) in [5, 5.41) is 74.5. The van der Waals surface area contributed by atoms with Crippen LogP contribution in [0.4, 0.5) is 73.9 Å². The van der Waals surface area contributed by atoms with Gasteiger partial charge in [-0.3, -0.25) is 54.1 Å². The van der Waals surface area contributed by atoms with E-state index in [4.69, 9.17) is 28.9 Å². The van der Waals surface area contributed by atoms with E-state index in [0.717, 1.165) is 36.4 Å². The van der Waals surface area contributed by atoms with Gasteiger partial charge >= 0.3 is 0 Å². The van der Waals surface area contributed by atoms with E-state index in [1.165, 1.54) is 0 Å². The number of anilines is 5. The third-order valence-corrected chi connectivity index (χ3v) is 13.5. The Hall–Kier alpha value is -7.88. The molecule has 72 heavy (non-hydrogen) atoms. The fourth-order valence-electron chi connectivity index (χ4n) is 6.30. The first-order chi connectivity index (χ1) is 33.2. The number of nitrogens with zero attached hydrogens (tertiary/aromatic N) is 8. The number of fused-ring (bicyclic) bond motifs is 1. The lowest BCUT2D eigenvalue weighted by Crippen LogP contribution is -2.03. The zero-order chi connectivity index (χ0) is 53.7. The van der Waals surface area contributed by atoms with Crippen LogP contribution >= 0.6 is 34.1 Å². The van der Waals surface area contributed by atoms with Crippen LogP contribution in [0.25, 0.3) is 10.8 Å². The van der Waals surface area contributed by atoms with Gasteiger partial charge in [0.25, 0.3) is 53.1 Å².